The molecule has 4 unspecified atom stereocenters. The summed E-state index contributed by atoms with van der Waals surface area (Å²) >= 11 is 0. The number of nitrogens with zero attached hydrogens (tertiary/aromatic N) is 6. The van der Waals surface area contributed by atoms with Crippen molar-refractivity contribution < 1.29 is 5.11 Å². The lowest BCUT2D eigenvalue weighted by molar-refractivity contribution is 0.0606. The normalized spacial score (nSPS) is 27.8. The number of benzene rings is 1. The molecule has 11 heteroatoms. The standard InChI is InChI=1S/C17H21N5O.C16H25N5/c18-16-20-14(19-13-6-7-13)10-15(21-16)22-9-8-17(23,11-22)12-4-2-1-3-5-12;1-10-8-11-4-2-3-5-13(11)21(10)15-9-14(18-12-6-7-12)19-16(17)20-15/h1-5,10,13,23H,6-9,11H2,(H3,18,19,20,21);9-13H,2-8H2,1H3,(H3,17,18,19,20). The molecule has 4 heterocycles. The molecular formula is C33H46N10O. The highest BCUT2D eigenvalue weighted by Gasteiger charge is 2.41. The first-order valence-corrected chi connectivity index (χ1v) is 16.5. The summed E-state index contributed by atoms with van der Waals surface area (Å²) < 4.78 is 0. The molecule has 11 nitrogen and oxygen atoms in total. The van der Waals surface area contributed by atoms with Gasteiger partial charge in [-0.05, 0) is 69.8 Å². The maximum Gasteiger partial charge on any atom is 0.223 e. The lowest BCUT2D eigenvalue weighted by Gasteiger charge is -2.34. The molecule has 3 saturated carbocycles. The Labute approximate surface area is 259 Å². The van der Waals surface area contributed by atoms with Crippen LogP contribution in [0.1, 0.15) is 76.7 Å². The van der Waals surface area contributed by atoms with Crippen molar-refractivity contribution in [1.82, 2.24) is 19.9 Å². The van der Waals surface area contributed by atoms with Gasteiger partial charge in [0.1, 0.15) is 28.9 Å². The highest BCUT2D eigenvalue weighted by Crippen LogP contribution is 2.42. The fourth-order valence-electron chi connectivity index (χ4n) is 7.30. The van der Waals surface area contributed by atoms with E-state index in [1.165, 1.54) is 57.8 Å². The Morgan fingerprint density at radius 2 is 1.43 bits per heavy atom. The Morgan fingerprint density at radius 1 is 0.818 bits per heavy atom. The number of anilines is 6. The zero-order chi connectivity index (χ0) is 30.3. The highest BCUT2D eigenvalue weighted by molar-refractivity contribution is 5.56. The second-order valence-electron chi connectivity index (χ2n) is 13.4. The number of nitrogen functional groups attached to an aromatic ring is 2. The smallest absolute Gasteiger partial charge is 0.223 e. The SMILES string of the molecule is CC1CC2CCCCC2N1c1cc(NC2CC2)nc(N)n1.Nc1nc(NC2CC2)cc(N2CCC(O)(c3ccccc3)C2)n1. The summed E-state index contributed by atoms with van der Waals surface area (Å²) in [5.74, 6) is 4.95. The molecule has 8 rings (SSSR count). The van der Waals surface area contributed by atoms with Gasteiger partial charge in [-0.3, -0.25) is 0 Å². The molecule has 5 fully saturated rings. The third kappa shape index (κ3) is 6.47. The van der Waals surface area contributed by atoms with E-state index in [-0.39, 0.29) is 5.95 Å². The first kappa shape index (κ1) is 28.9. The topological polar surface area (TPSA) is 154 Å². The van der Waals surface area contributed by atoms with Crippen molar-refractivity contribution in [2.75, 3.05) is 45.0 Å². The zero-order valence-electron chi connectivity index (χ0n) is 25.7. The average Bonchev–Trinajstić information content (AvgIpc) is 3.93. The van der Waals surface area contributed by atoms with Crippen LogP contribution in [0.4, 0.5) is 35.2 Å². The van der Waals surface area contributed by atoms with Crippen LogP contribution in [-0.2, 0) is 5.60 Å². The summed E-state index contributed by atoms with van der Waals surface area (Å²) in [6, 6.07) is 16.1. The first-order valence-electron chi connectivity index (χ1n) is 16.5. The summed E-state index contributed by atoms with van der Waals surface area (Å²) in [6.45, 7) is 3.58. The number of hydrogen-bond acceptors (Lipinski definition) is 11. The summed E-state index contributed by atoms with van der Waals surface area (Å²) in [6.07, 6.45) is 12.2. The van der Waals surface area contributed by atoms with E-state index in [9.17, 15) is 5.11 Å². The molecule has 0 amide bonds. The molecule has 5 aliphatic rings. The number of aromatic nitrogens is 4. The molecule has 7 N–H and O–H groups in total. The van der Waals surface area contributed by atoms with Gasteiger partial charge in [-0.25, -0.2) is 0 Å². The number of hydrogen-bond donors (Lipinski definition) is 5. The van der Waals surface area contributed by atoms with Crippen molar-refractivity contribution in [2.45, 2.75) is 101 Å². The summed E-state index contributed by atoms with van der Waals surface area (Å²) in [5.41, 5.74) is 11.9. The zero-order valence-corrected chi connectivity index (χ0v) is 25.7. The maximum atomic E-state index is 11.0. The van der Waals surface area contributed by atoms with Crippen LogP contribution in [0.2, 0.25) is 0 Å². The van der Waals surface area contributed by atoms with Gasteiger partial charge in [0.05, 0.1) is 6.54 Å². The Morgan fingerprint density at radius 3 is 2.09 bits per heavy atom. The molecule has 44 heavy (non-hydrogen) atoms. The van der Waals surface area contributed by atoms with E-state index in [1.54, 1.807) is 0 Å². The molecule has 3 aromatic rings. The predicted octanol–water partition coefficient (Wildman–Crippen LogP) is 4.52. The molecule has 2 aliphatic heterocycles. The minimum Gasteiger partial charge on any atom is -0.383 e. The maximum absolute atomic E-state index is 11.0. The van der Waals surface area contributed by atoms with Gasteiger partial charge in [0.25, 0.3) is 0 Å². The minimum atomic E-state index is -0.842. The van der Waals surface area contributed by atoms with Crippen molar-refractivity contribution >= 4 is 35.2 Å². The number of nitrogens with two attached hydrogens (primary N) is 2. The number of aliphatic hydroxyl groups is 1. The van der Waals surface area contributed by atoms with Gasteiger partial charge in [0, 0.05) is 42.8 Å². The Hall–Kier alpha value is -3.86. The number of nitrogens with one attached hydrogen (secondary N) is 2. The molecule has 0 spiro atoms. The molecule has 1 aromatic carbocycles. The van der Waals surface area contributed by atoms with Crippen LogP contribution in [0.3, 0.4) is 0 Å². The van der Waals surface area contributed by atoms with Crippen LogP contribution in [0.5, 0.6) is 0 Å². The third-order valence-corrected chi connectivity index (χ3v) is 9.81. The molecule has 234 valence electrons. The molecule has 2 saturated heterocycles. The van der Waals surface area contributed by atoms with Gasteiger partial charge in [0.15, 0.2) is 0 Å². The van der Waals surface area contributed by atoms with E-state index < -0.39 is 5.60 Å². The molecule has 0 bridgehead atoms. The number of fused-ring (bicyclic) bond motifs is 1. The second kappa shape index (κ2) is 11.9. The highest BCUT2D eigenvalue weighted by atomic mass is 16.3. The van der Waals surface area contributed by atoms with Gasteiger partial charge in [-0.15, -0.1) is 0 Å². The van der Waals surface area contributed by atoms with Gasteiger partial charge < -0.3 is 37.0 Å². The Bertz CT molecular complexity index is 1450. The van der Waals surface area contributed by atoms with Crippen LogP contribution >= 0.6 is 0 Å². The summed E-state index contributed by atoms with van der Waals surface area (Å²) in [7, 11) is 0. The van der Waals surface area contributed by atoms with Crippen LogP contribution in [0.25, 0.3) is 0 Å². The lowest BCUT2D eigenvalue weighted by atomic mass is 9.85. The number of β-amino-alcohol motifs (C(OH)–C–C–N with tert-alkyl or cyclic N) is 1. The van der Waals surface area contributed by atoms with E-state index in [4.69, 9.17) is 11.5 Å². The van der Waals surface area contributed by atoms with Gasteiger partial charge in [-0.2, -0.15) is 19.9 Å². The van der Waals surface area contributed by atoms with Crippen LogP contribution < -0.4 is 31.9 Å². The van der Waals surface area contributed by atoms with Crippen molar-refractivity contribution in [1.29, 1.82) is 0 Å². The Kier molecular flexibility index (Phi) is 7.82. The van der Waals surface area contributed by atoms with Crippen LogP contribution in [0.15, 0.2) is 42.5 Å². The minimum absolute atomic E-state index is 0.265. The first-order chi connectivity index (χ1) is 21.3. The monoisotopic (exact) mass is 598 g/mol. The van der Waals surface area contributed by atoms with E-state index in [0.717, 1.165) is 41.3 Å². The van der Waals surface area contributed by atoms with Gasteiger partial charge in [0.2, 0.25) is 11.9 Å². The fraction of sp³-hybridized carbons (Fsp3) is 0.576. The number of rotatable bonds is 7. The van der Waals surface area contributed by atoms with E-state index >= 15 is 0 Å². The molecule has 2 aromatic heterocycles. The largest absolute Gasteiger partial charge is 0.383 e. The van der Waals surface area contributed by atoms with Crippen molar-refractivity contribution in [3.05, 3.63) is 48.0 Å². The van der Waals surface area contributed by atoms with Crippen LogP contribution in [0, 0.1) is 5.92 Å². The molecular weight excluding hydrogens is 552 g/mol. The van der Waals surface area contributed by atoms with Gasteiger partial charge >= 0.3 is 0 Å². The Balaban J connectivity index is 0.000000143. The van der Waals surface area contributed by atoms with Crippen molar-refractivity contribution in [3.8, 4) is 0 Å². The van der Waals surface area contributed by atoms with Gasteiger partial charge in [-0.1, -0.05) is 43.2 Å². The van der Waals surface area contributed by atoms with E-state index in [2.05, 4.69) is 53.4 Å². The van der Waals surface area contributed by atoms with E-state index in [0.29, 0.717) is 43.1 Å². The third-order valence-electron chi connectivity index (χ3n) is 9.81. The molecule has 0 radical (unpaired) electrons. The quantitative estimate of drug-likeness (QED) is 0.261. The van der Waals surface area contributed by atoms with E-state index in [1.807, 2.05) is 36.4 Å². The summed E-state index contributed by atoms with van der Waals surface area (Å²) in [4.78, 5) is 22.1. The molecule has 3 aliphatic carbocycles. The van der Waals surface area contributed by atoms with Crippen molar-refractivity contribution in [3.63, 3.8) is 0 Å². The molecule has 4 atom stereocenters. The van der Waals surface area contributed by atoms with Crippen LogP contribution in [-0.4, -0.2) is 62.3 Å². The predicted molar refractivity (Wildman–Crippen MR) is 176 cm³/mol. The second-order valence-corrected chi connectivity index (χ2v) is 13.4. The fourth-order valence-corrected chi connectivity index (χ4v) is 7.30. The summed E-state index contributed by atoms with van der Waals surface area (Å²) in [5, 5.41) is 17.8. The van der Waals surface area contributed by atoms with Crippen molar-refractivity contribution in [2.24, 2.45) is 5.92 Å². The average molecular weight is 599 g/mol. The lowest BCUT2D eigenvalue weighted by Crippen LogP contribution is -2.38.